The average Bonchev–Trinajstić information content (AvgIpc) is 3.03. The lowest BCUT2D eigenvalue weighted by molar-refractivity contribution is 0.354. The van der Waals surface area contributed by atoms with Crippen LogP contribution >= 0.6 is 11.3 Å². The number of aromatic nitrogens is 2. The first kappa shape index (κ1) is 18.0. The largest absolute Gasteiger partial charge is 0.493 e. The lowest BCUT2D eigenvalue weighted by Gasteiger charge is -2.17. The molecule has 0 saturated heterocycles. The summed E-state index contributed by atoms with van der Waals surface area (Å²) in [6.07, 6.45) is 4.85. The molecule has 2 aromatic heterocycles. The minimum absolute atomic E-state index is 0.0567. The molecule has 5 nitrogen and oxygen atoms in total. The molecule has 0 unspecified atom stereocenters. The highest BCUT2D eigenvalue weighted by Gasteiger charge is 2.23. The Labute approximate surface area is 162 Å². The summed E-state index contributed by atoms with van der Waals surface area (Å²) in [6, 6.07) is 3.88. The third-order valence-corrected chi connectivity index (χ3v) is 6.63. The van der Waals surface area contributed by atoms with Crippen LogP contribution in [0.2, 0.25) is 0 Å². The van der Waals surface area contributed by atoms with Crippen LogP contribution in [0.25, 0.3) is 10.2 Å². The van der Waals surface area contributed by atoms with Gasteiger partial charge in [-0.15, -0.1) is 11.3 Å². The summed E-state index contributed by atoms with van der Waals surface area (Å²) in [5.74, 6) is 2.05. The summed E-state index contributed by atoms with van der Waals surface area (Å²) >= 11 is 1.69. The molecule has 3 aromatic rings. The molecule has 27 heavy (non-hydrogen) atoms. The lowest BCUT2D eigenvalue weighted by Crippen LogP contribution is -2.22. The van der Waals surface area contributed by atoms with Crippen molar-refractivity contribution in [3.63, 3.8) is 0 Å². The summed E-state index contributed by atoms with van der Waals surface area (Å²) in [7, 11) is 3.25. The van der Waals surface area contributed by atoms with E-state index >= 15 is 0 Å². The molecular weight excluding hydrogens is 360 g/mol. The number of nitrogens with zero attached hydrogens (tertiary/aromatic N) is 2. The second-order valence-corrected chi connectivity index (χ2v) is 8.43. The van der Waals surface area contributed by atoms with E-state index in [1.54, 1.807) is 36.5 Å². The van der Waals surface area contributed by atoms with E-state index in [1.165, 1.54) is 10.4 Å². The fourth-order valence-corrected chi connectivity index (χ4v) is 5.20. The maximum absolute atomic E-state index is 13.2. The van der Waals surface area contributed by atoms with E-state index in [0.717, 1.165) is 40.6 Å². The minimum atomic E-state index is 0.0567. The van der Waals surface area contributed by atoms with Gasteiger partial charge in [-0.1, -0.05) is 6.92 Å². The molecule has 0 N–H and O–H groups in total. The van der Waals surface area contributed by atoms with Gasteiger partial charge in [-0.25, -0.2) is 4.98 Å². The number of methoxy groups -OCH3 is 2. The third-order valence-electron chi connectivity index (χ3n) is 5.47. The maximum atomic E-state index is 13.2. The summed E-state index contributed by atoms with van der Waals surface area (Å²) in [5.41, 5.74) is 3.36. The molecule has 6 heteroatoms. The van der Waals surface area contributed by atoms with Crippen molar-refractivity contribution < 1.29 is 9.47 Å². The zero-order valence-corrected chi connectivity index (χ0v) is 17.0. The number of hydrogen-bond donors (Lipinski definition) is 0. The van der Waals surface area contributed by atoms with Gasteiger partial charge in [0.1, 0.15) is 4.83 Å². The fraction of sp³-hybridized carbons (Fsp3) is 0.429. The molecule has 1 aromatic carbocycles. The molecule has 1 atom stereocenters. The van der Waals surface area contributed by atoms with Gasteiger partial charge in [-0.05, 0) is 60.9 Å². The Bertz CT molecular complexity index is 1070. The Morgan fingerprint density at radius 1 is 1.26 bits per heavy atom. The van der Waals surface area contributed by atoms with E-state index in [0.29, 0.717) is 24.0 Å². The Morgan fingerprint density at radius 2 is 2.00 bits per heavy atom. The van der Waals surface area contributed by atoms with Crippen LogP contribution in [0.5, 0.6) is 11.5 Å². The summed E-state index contributed by atoms with van der Waals surface area (Å²) in [4.78, 5) is 20.0. The van der Waals surface area contributed by atoms with Crippen molar-refractivity contribution in [2.75, 3.05) is 14.2 Å². The van der Waals surface area contributed by atoms with Crippen LogP contribution in [-0.4, -0.2) is 23.8 Å². The molecule has 0 fully saturated rings. The number of rotatable bonds is 4. The fourth-order valence-electron chi connectivity index (χ4n) is 3.86. The van der Waals surface area contributed by atoms with Crippen molar-refractivity contribution in [3.05, 3.63) is 50.4 Å². The van der Waals surface area contributed by atoms with Gasteiger partial charge in [-0.2, -0.15) is 0 Å². The standard InChI is InChI=1S/C21H24N2O3S/c1-12-5-6-15-18(7-12)27-20-19(15)21(24)23(11-22-20)10-14-9-17(26-4)16(25-3)8-13(14)2/h8-9,11-12H,5-7,10H2,1-4H3/t12-/m0/s1. The van der Waals surface area contributed by atoms with Crippen molar-refractivity contribution in [2.24, 2.45) is 5.92 Å². The first-order valence-electron chi connectivity index (χ1n) is 9.23. The van der Waals surface area contributed by atoms with E-state index in [-0.39, 0.29) is 5.56 Å². The third kappa shape index (κ3) is 3.12. The molecule has 0 bridgehead atoms. The van der Waals surface area contributed by atoms with Crippen LogP contribution in [0.4, 0.5) is 0 Å². The average molecular weight is 385 g/mol. The molecule has 0 spiro atoms. The van der Waals surface area contributed by atoms with Crippen LogP contribution < -0.4 is 15.0 Å². The highest BCUT2D eigenvalue weighted by atomic mass is 32.1. The van der Waals surface area contributed by atoms with Crippen LogP contribution in [0.15, 0.2) is 23.3 Å². The van der Waals surface area contributed by atoms with Gasteiger partial charge < -0.3 is 9.47 Å². The van der Waals surface area contributed by atoms with E-state index in [2.05, 4.69) is 11.9 Å². The second-order valence-electron chi connectivity index (χ2n) is 7.34. The van der Waals surface area contributed by atoms with Crippen molar-refractivity contribution in [3.8, 4) is 11.5 Å². The van der Waals surface area contributed by atoms with Crippen LogP contribution in [0, 0.1) is 12.8 Å². The van der Waals surface area contributed by atoms with E-state index in [9.17, 15) is 4.79 Å². The molecule has 0 amide bonds. The molecule has 0 aliphatic heterocycles. The number of thiophene rings is 1. The maximum Gasteiger partial charge on any atom is 0.262 e. The first-order valence-corrected chi connectivity index (χ1v) is 10.0. The van der Waals surface area contributed by atoms with Gasteiger partial charge in [0, 0.05) is 4.88 Å². The van der Waals surface area contributed by atoms with Crippen LogP contribution in [-0.2, 0) is 19.4 Å². The molecule has 0 radical (unpaired) electrons. The van der Waals surface area contributed by atoms with Crippen LogP contribution in [0.1, 0.15) is 34.9 Å². The molecule has 1 aliphatic carbocycles. The van der Waals surface area contributed by atoms with Crippen molar-refractivity contribution >= 4 is 21.6 Å². The molecule has 0 saturated carbocycles. The number of hydrogen-bond acceptors (Lipinski definition) is 5. The van der Waals surface area contributed by atoms with Gasteiger partial charge >= 0.3 is 0 Å². The topological polar surface area (TPSA) is 53.4 Å². The Morgan fingerprint density at radius 3 is 2.74 bits per heavy atom. The number of fused-ring (bicyclic) bond motifs is 3. The van der Waals surface area contributed by atoms with Crippen molar-refractivity contribution in [1.82, 2.24) is 9.55 Å². The lowest BCUT2D eigenvalue weighted by atomic mass is 9.89. The molecule has 142 valence electrons. The summed E-state index contributed by atoms with van der Waals surface area (Å²) in [6.45, 7) is 4.76. The highest BCUT2D eigenvalue weighted by molar-refractivity contribution is 7.18. The predicted molar refractivity (Wildman–Crippen MR) is 108 cm³/mol. The van der Waals surface area contributed by atoms with Crippen molar-refractivity contribution in [2.45, 2.75) is 39.7 Å². The first-order chi connectivity index (χ1) is 13.0. The van der Waals surface area contributed by atoms with Crippen LogP contribution in [0.3, 0.4) is 0 Å². The molecular formula is C21H24N2O3S. The predicted octanol–water partition coefficient (Wildman–Crippen LogP) is 3.96. The Kier molecular flexibility index (Phi) is 4.68. The minimum Gasteiger partial charge on any atom is -0.493 e. The van der Waals surface area contributed by atoms with E-state index in [4.69, 9.17) is 9.47 Å². The van der Waals surface area contributed by atoms with Gasteiger partial charge in [0.25, 0.3) is 5.56 Å². The zero-order valence-electron chi connectivity index (χ0n) is 16.2. The quantitative estimate of drug-likeness (QED) is 0.683. The van der Waals surface area contributed by atoms with E-state index < -0.39 is 0 Å². The monoisotopic (exact) mass is 384 g/mol. The van der Waals surface area contributed by atoms with E-state index in [1.807, 2.05) is 19.1 Å². The Hall–Kier alpha value is -2.34. The number of ether oxygens (including phenoxy) is 2. The SMILES string of the molecule is COc1cc(C)c(Cn2cnc3sc4c(c3c2=O)CC[C@H](C)C4)cc1OC. The molecule has 2 heterocycles. The summed E-state index contributed by atoms with van der Waals surface area (Å²) < 4.78 is 12.5. The highest BCUT2D eigenvalue weighted by Crippen LogP contribution is 2.35. The number of aryl methyl sites for hydroxylation is 2. The number of benzene rings is 1. The van der Waals surface area contributed by atoms with Gasteiger partial charge in [0.15, 0.2) is 11.5 Å². The summed E-state index contributed by atoms with van der Waals surface area (Å²) in [5, 5.41) is 0.822. The van der Waals surface area contributed by atoms with Crippen molar-refractivity contribution in [1.29, 1.82) is 0 Å². The van der Waals surface area contributed by atoms with Gasteiger partial charge in [0.05, 0.1) is 32.5 Å². The zero-order chi connectivity index (χ0) is 19.1. The molecule has 1 aliphatic rings. The van der Waals surface area contributed by atoms with Gasteiger partial charge in [0.2, 0.25) is 0 Å². The van der Waals surface area contributed by atoms with Gasteiger partial charge in [-0.3, -0.25) is 9.36 Å². The molecule has 4 rings (SSSR count). The normalized spacial score (nSPS) is 16.4. The second kappa shape index (κ2) is 7.00. The Balaban J connectivity index is 1.77. The smallest absolute Gasteiger partial charge is 0.262 e.